The Morgan fingerprint density at radius 3 is 2.09 bits per heavy atom. The number of hydrogen-bond donors (Lipinski definition) is 0. The van der Waals surface area contributed by atoms with Crippen LogP contribution in [0.1, 0.15) is 75.6 Å². The van der Waals surface area contributed by atoms with Crippen LogP contribution in [0.25, 0.3) is 0 Å². The zero-order valence-electron chi connectivity index (χ0n) is 15.1. The Balaban J connectivity index is 2.30. The van der Waals surface area contributed by atoms with E-state index in [4.69, 9.17) is 0 Å². The summed E-state index contributed by atoms with van der Waals surface area (Å²) in [6.45, 7) is 6.83. The largest absolute Gasteiger partial charge is 0.198 e. The lowest BCUT2D eigenvalue weighted by Gasteiger charge is -2.14. The van der Waals surface area contributed by atoms with Crippen molar-refractivity contribution in [2.75, 3.05) is 0 Å². The third-order valence-electron chi connectivity index (χ3n) is 4.70. The van der Waals surface area contributed by atoms with Gasteiger partial charge in [-0.2, -0.15) is 4.57 Å². The van der Waals surface area contributed by atoms with E-state index >= 15 is 0 Å². The Kier molecular flexibility index (Phi) is 7.32. The predicted octanol–water partition coefficient (Wildman–Crippen LogP) is 5.66. The molecule has 1 aromatic carbocycles. The van der Waals surface area contributed by atoms with Crippen LogP contribution in [0.2, 0.25) is 0 Å². The minimum absolute atomic E-state index is 0.441. The molecule has 23 heavy (non-hydrogen) atoms. The molecule has 0 amide bonds. The molecule has 1 aromatic heterocycles. The van der Waals surface area contributed by atoms with Crippen LogP contribution in [0, 0.1) is 0 Å². The molecule has 0 radical (unpaired) electrons. The predicted molar refractivity (Wildman–Crippen MR) is 98.7 cm³/mol. The molecule has 1 nitrogen and oxygen atoms in total. The van der Waals surface area contributed by atoms with Crippen LogP contribution < -0.4 is 4.57 Å². The lowest BCUT2D eigenvalue weighted by Crippen LogP contribution is -2.40. The van der Waals surface area contributed by atoms with Gasteiger partial charge < -0.3 is 0 Å². The molecule has 0 bridgehead atoms. The first kappa shape index (κ1) is 17.7. The number of nitrogens with zero attached hydrogens (tertiary/aromatic N) is 1. The fourth-order valence-corrected chi connectivity index (χ4v) is 3.28. The van der Waals surface area contributed by atoms with Gasteiger partial charge in [0.1, 0.15) is 0 Å². The van der Waals surface area contributed by atoms with Crippen molar-refractivity contribution in [2.24, 2.45) is 0 Å². The average Bonchev–Trinajstić information content (AvgIpc) is 2.60. The highest BCUT2D eigenvalue weighted by Gasteiger charge is 2.20. The molecule has 1 heterocycles. The Morgan fingerprint density at radius 2 is 1.48 bits per heavy atom. The van der Waals surface area contributed by atoms with E-state index in [2.05, 4.69) is 74.1 Å². The Hall–Kier alpha value is -1.63. The number of aryl methyl sites for hydroxylation is 2. The molecule has 0 spiro atoms. The van der Waals surface area contributed by atoms with E-state index in [1.165, 1.54) is 44.1 Å². The Bertz CT molecular complexity index is 574. The first-order valence-corrected chi connectivity index (χ1v) is 9.37. The van der Waals surface area contributed by atoms with E-state index < -0.39 is 0 Å². The first-order valence-electron chi connectivity index (χ1n) is 9.37. The van der Waals surface area contributed by atoms with Crippen molar-refractivity contribution >= 4 is 0 Å². The number of hydrogen-bond acceptors (Lipinski definition) is 0. The summed E-state index contributed by atoms with van der Waals surface area (Å²) in [7, 11) is 0. The summed E-state index contributed by atoms with van der Waals surface area (Å²) in [5, 5.41) is 0. The number of benzene rings is 1. The van der Waals surface area contributed by atoms with Gasteiger partial charge in [0, 0.05) is 23.6 Å². The van der Waals surface area contributed by atoms with Gasteiger partial charge in [-0.25, -0.2) is 0 Å². The molecule has 1 heteroatoms. The molecule has 0 aliphatic rings. The van der Waals surface area contributed by atoms with Crippen molar-refractivity contribution in [1.82, 2.24) is 0 Å². The van der Waals surface area contributed by atoms with Crippen LogP contribution in [0.5, 0.6) is 0 Å². The van der Waals surface area contributed by atoms with Crippen molar-refractivity contribution in [1.29, 1.82) is 0 Å². The number of unbranched alkanes of at least 4 members (excludes halogenated alkanes) is 2. The fourth-order valence-electron chi connectivity index (χ4n) is 3.28. The fraction of sp³-hybridized carbons (Fsp3) is 0.500. The number of rotatable bonds is 9. The molecule has 1 atom stereocenters. The van der Waals surface area contributed by atoms with Gasteiger partial charge in [-0.3, -0.25) is 0 Å². The molecule has 124 valence electrons. The van der Waals surface area contributed by atoms with E-state index in [1.807, 2.05) is 0 Å². The maximum Gasteiger partial charge on any atom is 0.183 e. The molecule has 0 saturated carbocycles. The van der Waals surface area contributed by atoms with Crippen molar-refractivity contribution < 1.29 is 4.57 Å². The van der Waals surface area contributed by atoms with E-state index in [-0.39, 0.29) is 0 Å². The summed E-state index contributed by atoms with van der Waals surface area (Å²) in [4.78, 5) is 0. The average molecular weight is 311 g/mol. The van der Waals surface area contributed by atoms with Gasteiger partial charge in [0.15, 0.2) is 18.4 Å². The molecule has 1 unspecified atom stereocenters. The smallest absolute Gasteiger partial charge is 0.183 e. The zero-order chi connectivity index (χ0) is 16.5. The van der Waals surface area contributed by atoms with Gasteiger partial charge in [-0.05, 0) is 31.2 Å². The second-order valence-electron chi connectivity index (χ2n) is 6.48. The minimum atomic E-state index is 0.441. The van der Waals surface area contributed by atoms with Crippen molar-refractivity contribution in [2.45, 2.75) is 71.8 Å². The van der Waals surface area contributed by atoms with Gasteiger partial charge in [0.25, 0.3) is 0 Å². The summed E-state index contributed by atoms with van der Waals surface area (Å²) in [6.07, 6.45) is 13.4. The standard InChI is InChI=1S/C22H32N/c1-4-7-12-19-16-17-23(18-21(19)13-8-5-2)22(6-3)20-14-10-9-11-15-20/h9-11,14-18,22H,4-8,12-13H2,1-3H3/q+1. The lowest BCUT2D eigenvalue weighted by molar-refractivity contribution is -0.714. The van der Waals surface area contributed by atoms with Crippen molar-refractivity contribution in [3.8, 4) is 0 Å². The Labute approximate surface area is 142 Å². The maximum absolute atomic E-state index is 2.43. The second-order valence-corrected chi connectivity index (χ2v) is 6.48. The third kappa shape index (κ3) is 4.92. The van der Waals surface area contributed by atoms with E-state index in [0.717, 1.165) is 6.42 Å². The zero-order valence-corrected chi connectivity index (χ0v) is 15.1. The highest BCUT2D eigenvalue weighted by Crippen LogP contribution is 2.18. The van der Waals surface area contributed by atoms with Gasteiger partial charge in [-0.15, -0.1) is 0 Å². The summed E-state index contributed by atoms with van der Waals surface area (Å²) in [5.74, 6) is 0. The third-order valence-corrected chi connectivity index (χ3v) is 4.70. The monoisotopic (exact) mass is 310 g/mol. The van der Waals surface area contributed by atoms with E-state index in [9.17, 15) is 0 Å². The van der Waals surface area contributed by atoms with Gasteiger partial charge >= 0.3 is 0 Å². The molecule has 0 N–H and O–H groups in total. The van der Waals surface area contributed by atoms with Crippen LogP contribution in [0.15, 0.2) is 48.8 Å². The van der Waals surface area contributed by atoms with Crippen LogP contribution >= 0.6 is 0 Å². The molecular formula is C22H32N+. The van der Waals surface area contributed by atoms with Crippen molar-refractivity contribution in [3.63, 3.8) is 0 Å². The molecule has 0 saturated heterocycles. The summed E-state index contributed by atoms with van der Waals surface area (Å²) >= 11 is 0. The van der Waals surface area contributed by atoms with Crippen LogP contribution in [-0.2, 0) is 12.8 Å². The highest BCUT2D eigenvalue weighted by atomic mass is 15.0. The molecule has 2 rings (SSSR count). The quantitative estimate of drug-likeness (QED) is 0.526. The van der Waals surface area contributed by atoms with Gasteiger partial charge in [0.2, 0.25) is 0 Å². The normalized spacial score (nSPS) is 12.3. The summed E-state index contributed by atoms with van der Waals surface area (Å²) in [6, 6.07) is 13.7. The second kappa shape index (κ2) is 9.50. The maximum atomic E-state index is 2.43. The number of aromatic nitrogens is 1. The molecule has 0 aliphatic carbocycles. The molecular weight excluding hydrogens is 278 g/mol. The highest BCUT2D eigenvalue weighted by molar-refractivity contribution is 5.22. The molecule has 0 fully saturated rings. The van der Waals surface area contributed by atoms with Crippen LogP contribution in [0.4, 0.5) is 0 Å². The number of pyridine rings is 1. The molecule has 2 aromatic rings. The van der Waals surface area contributed by atoms with Gasteiger partial charge in [-0.1, -0.05) is 63.9 Å². The topological polar surface area (TPSA) is 3.88 Å². The molecule has 0 aliphatic heterocycles. The summed E-state index contributed by atoms with van der Waals surface area (Å²) in [5.41, 5.74) is 4.51. The first-order chi connectivity index (χ1) is 11.3. The van der Waals surface area contributed by atoms with E-state index in [1.54, 1.807) is 11.1 Å². The van der Waals surface area contributed by atoms with Crippen LogP contribution in [0.3, 0.4) is 0 Å². The SMILES string of the molecule is CCCCc1cc[n+](C(CC)c2ccccc2)cc1CCCC. The lowest BCUT2D eigenvalue weighted by atomic mass is 9.98. The Morgan fingerprint density at radius 1 is 0.826 bits per heavy atom. The summed E-state index contributed by atoms with van der Waals surface area (Å²) < 4.78 is 2.43. The minimum Gasteiger partial charge on any atom is -0.198 e. The van der Waals surface area contributed by atoms with E-state index in [0.29, 0.717) is 6.04 Å². The van der Waals surface area contributed by atoms with Crippen molar-refractivity contribution in [3.05, 3.63) is 65.5 Å². The van der Waals surface area contributed by atoms with Crippen LogP contribution in [-0.4, -0.2) is 0 Å². The van der Waals surface area contributed by atoms with Gasteiger partial charge in [0.05, 0.1) is 0 Å².